The molecule has 0 aliphatic heterocycles. The van der Waals surface area contributed by atoms with E-state index in [-0.39, 0.29) is 5.41 Å². The highest BCUT2D eigenvalue weighted by atomic mass is 16.4. The number of carboxylic acid groups (broad SMARTS) is 1. The summed E-state index contributed by atoms with van der Waals surface area (Å²) in [5.41, 5.74) is -0.178. The van der Waals surface area contributed by atoms with Crippen molar-refractivity contribution in [1.82, 2.24) is 0 Å². The Hall–Kier alpha value is -0.530. The summed E-state index contributed by atoms with van der Waals surface area (Å²) in [4.78, 5) is 11.6. The fourth-order valence-corrected chi connectivity index (χ4v) is 2.82. The molecular formula is C15H28O2. The summed E-state index contributed by atoms with van der Waals surface area (Å²) in [5, 5.41) is 9.54. The lowest BCUT2D eigenvalue weighted by Crippen LogP contribution is -2.36. The van der Waals surface area contributed by atoms with E-state index in [2.05, 4.69) is 27.7 Å². The van der Waals surface area contributed by atoms with E-state index in [1.54, 1.807) is 0 Å². The molecule has 0 aromatic rings. The molecule has 1 N–H and O–H groups in total. The molecule has 0 radical (unpaired) electrons. The molecule has 1 rings (SSSR count). The SMILES string of the molecule is CCC1CCC(CCC(C)(C)C)(C(=O)O)CC1. The van der Waals surface area contributed by atoms with E-state index in [1.165, 1.54) is 6.42 Å². The van der Waals surface area contributed by atoms with E-state index in [0.717, 1.165) is 44.4 Å². The normalized spacial score (nSPS) is 30.2. The standard InChI is InChI=1S/C15H28O2/c1-5-12-6-8-15(9-7-12,13(16)17)11-10-14(2,3)4/h12H,5-11H2,1-4H3,(H,16,17). The minimum atomic E-state index is -0.559. The van der Waals surface area contributed by atoms with Gasteiger partial charge in [-0.1, -0.05) is 34.1 Å². The van der Waals surface area contributed by atoms with Crippen molar-refractivity contribution in [3.63, 3.8) is 0 Å². The van der Waals surface area contributed by atoms with Gasteiger partial charge in [0.25, 0.3) is 0 Å². The van der Waals surface area contributed by atoms with Gasteiger partial charge in [-0.25, -0.2) is 0 Å². The highest BCUT2D eigenvalue weighted by Crippen LogP contribution is 2.45. The zero-order valence-electron chi connectivity index (χ0n) is 11.9. The van der Waals surface area contributed by atoms with Gasteiger partial charge in [-0.3, -0.25) is 4.79 Å². The van der Waals surface area contributed by atoms with E-state index < -0.39 is 11.4 Å². The van der Waals surface area contributed by atoms with Crippen LogP contribution in [0, 0.1) is 16.7 Å². The number of hydrogen-bond donors (Lipinski definition) is 1. The quantitative estimate of drug-likeness (QED) is 0.786. The molecular weight excluding hydrogens is 212 g/mol. The summed E-state index contributed by atoms with van der Waals surface area (Å²) >= 11 is 0. The number of carbonyl (C=O) groups is 1. The van der Waals surface area contributed by atoms with Crippen LogP contribution in [0.15, 0.2) is 0 Å². The Morgan fingerprint density at radius 3 is 2.18 bits per heavy atom. The lowest BCUT2D eigenvalue weighted by molar-refractivity contribution is -0.152. The van der Waals surface area contributed by atoms with Crippen LogP contribution in [0.4, 0.5) is 0 Å². The fraction of sp³-hybridized carbons (Fsp3) is 0.933. The van der Waals surface area contributed by atoms with Gasteiger partial charge in [-0.15, -0.1) is 0 Å². The van der Waals surface area contributed by atoms with Crippen molar-refractivity contribution in [2.45, 2.75) is 72.6 Å². The lowest BCUT2D eigenvalue weighted by Gasteiger charge is -2.38. The molecule has 0 amide bonds. The van der Waals surface area contributed by atoms with Crippen molar-refractivity contribution >= 4 is 5.97 Å². The Balaban J connectivity index is 2.62. The lowest BCUT2D eigenvalue weighted by atomic mass is 9.66. The average Bonchev–Trinajstić information content (AvgIpc) is 2.26. The monoisotopic (exact) mass is 240 g/mol. The van der Waals surface area contributed by atoms with Crippen LogP contribution in [0.2, 0.25) is 0 Å². The Bertz CT molecular complexity index is 255. The van der Waals surface area contributed by atoms with Crippen molar-refractivity contribution in [3.05, 3.63) is 0 Å². The van der Waals surface area contributed by atoms with E-state index in [0.29, 0.717) is 0 Å². The summed E-state index contributed by atoms with van der Waals surface area (Å²) in [6.07, 6.45) is 7.04. The molecule has 0 heterocycles. The van der Waals surface area contributed by atoms with E-state index in [4.69, 9.17) is 0 Å². The van der Waals surface area contributed by atoms with Crippen molar-refractivity contribution < 1.29 is 9.90 Å². The van der Waals surface area contributed by atoms with Gasteiger partial charge in [-0.2, -0.15) is 0 Å². The predicted octanol–water partition coefficient (Wildman–Crippen LogP) is 4.48. The summed E-state index contributed by atoms with van der Waals surface area (Å²) in [7, 11) is 0. The van der Waals surface area contributed by atoms with Gasteiger partial charge < -0.3 is 5.11 Å². The molecule has 0 spiro atoms. The average molecular weight is 240 g/mol. The zero-order valence-corrected chi connectivity index (χ0v) is 11.9. The predicted molar refractivity (Wildman–Crippen MR) is 71.0 cm³/mol. The van der Waals surface area contributed by atoms with Crippen LogP contribution in [-0.4, -0.2) is 11.1 Å². The molecule has 100 valence electrons. The van der Waals surface area contributed by atoms with Gasteiger partial charge in [0.15, 0.2) is 0 Å². The molecule has 2 heteroatoms. The maximum atomic E-state index is 11.6. The summed E-state index contributed by atoms with van der Waals surface area (Å²) in [6, 6.07) is 0. The van der Waals surface area contributed by atoms with Crippen molar-refractivity contribution in [2.75, 3.05) is 0 Å². The second-order valence-electron chi connectivity index (χ2n) is 7.00. The molecule has 0 saturated heterocycles. The van der Waals surface area contributed by atoms with Crippen molar-refractivity contribution in [3.8, 4) is 0 Å². The van der Waals surface area contributed by atoms with Crippen LogP contribution in [0.5, 0.6) is 0 Å². The van der Waals surface area contributed by atoms with E-state index in [1.807, 2.05) is 0 Å². The van der Waals surface area contributed by atoms with Crippen LogP contribution in [0.3, 0.4) is 0 Å². The number of carboxylic acids is 1. The van der Waals surface area contributed by atoms with Gasteiger partial charge >= 0.3 is 5.97 Å². The van der Waals surface area contributed by atoms with Crippen LogP contribution < -0.4 is 0 Å². The number of rotatable bonds is 4. The summed E-state index contributed by atoms with van der Waals surface area (Å²) in [6.45, 7) is 8.80. The molecule has 0 atom stereocenters. The van der Waals surface area contributed by atoms with Gasteiger partial charge in [-0.05, 0) is 49.9 Å². The highest BCUT2D eigenvalue weighted by molar-refractivity contribution is 5.74. The second kappa shape index (κ2) is 5.41. The summed E-state index contributed by atoms with van der Waals surface area (Å²) < 4.78 is 0. The van der Waals surface area contributed by atoms with E-state index in [9.17, 15) is 9.90 Å². The molecule has 0 unspecified atom stereocenters. The first-order valence-corrected chi connectivity index (χ1v) is 7.02. The molecule has 0 bridgehead atoms. The molecule has 0 aromatic carbocycles. The minimum Gasteiger partial charge on any atom is -0.481 e. The van der Waals surface area contributed by atoms with Gasteiger partial charge in [0.1, 0.15) is 0 Å². The first kappa shape index (κ1) is 14.5. The second-order valence-corrected chi connectivity index (χ2v) is 7.00. The molecule has 1 aliphatic rings. The van der Waals surface area contributed by atoms with Crippen LogP contribution in [-0.2, 0) is 4.79 Å². The maximum Gasteiger partial charge on any atom is 0.309 e. The number of hydrogen-bond acceptors (Lipinski definition) is 1. The molecule has 2 nitrogen and oxygen atoms in total. The highest BCUT2D eigenvalue weighted by Gasteiger charge is 2.41. The largest absolute Gasteiger partial charge is 0.481 e. The Morgan fingerprint density at radius 1 is 1.29 bits per heavy atom. The van der Waals surface area contributed by atoms with Crippen molar-refractivity contribution in [2.24, 2.45) is 16.7 Å². The molecule has 1 fully saturated rings. The van der Waals surface area contributed by atoms with Crippen LogP contribution in [0.25, 0.3) is 0 Å². The molecule has 1 aliphatic carbocycles. The Kier molecular flexibility index (Phi) is 4.62. The Morgan fingerprint density at radius 2 is 1.82 bits per heavy atom. The van der Waals surface area contributed by atoms with Crippen LogP contribution in [0.1, 0.15) is 72.6 Å². The number of aliphatic carboxylic acids is 1. The van der Waals surface area contributed by atoms with Crippen molar-refractivity contribution in [1.29, 1.82) is 0 Å². The Labute approximate surface area is 106 Å². The fourth-order valence-electron chi connectivity index (χ4n) is 2.82. The zero-order chi connectivity index (χ0) is 13.1. The minimum absolute atomic E-state index is 0.240. The first-order chi connectivity index (χ1) is 7.79. The summed E-state index contributed by atoms with van der Waals surface area (Å²) in [5.74, 6) is 0.202. The third-order valence-corrected chi connectivity index (χ3v) is 4.45. The third-order valence-electron chi connectivity index (χ3n) is 4.45. The topological polar surface area (TPSA) is 37.3 Å². The van der Waals surface area contributed by atoms with Crippen LogP contribution >= 0.6 is 0 Å². The first-order valence-electron chi connectivity index (χ1n) is 7.02. The maximum absolute atomic E-state index is 11.6. The van der Waals surface area contributed by atoms with Gasteiger partial charge in [0.2, 0.25) is 0 Å². The third kappa shape index (κ3) is 4.01. The van der Waals surface area contributed by atoms with Gasteiger partial charge in [0, 0.05) is 0 Å². The van der Waals surface area contributed by atoms with Gasteiger partial charge in [0.05, 0.1) is 5.41 Å². The van der Waals surface area contributed by atoms with E-state index >= 15 is 0 Å². The molecule has 0 aromatic heterocycles. The molecule has 17 heavy (non-hydrogen) atoms. The molecule has 1 saturated carbocycles. The smallest absolute Gasteiger partial charge is 0.309 e.